The Hall–Kier alpha value is -1.12. The van der Waals surface area contributed by atoms with Crippen LogP contribution in [0.5, 0.6) is 0 Å². The number of rotatable bonds is 1. The van der Waals surface area contributed by atoms with Gasteiger partial charge >= 0.3 is 0 Å². The molecule has 2 unspecified atom stereocenters. The summed E-state index contributed by atoms with van der Waals surface area (Å²) in [5.41, 5.74) is 1.94. The molecule has 2 nitrogen and oxygen atoms in total. The molecule has 0 radical (unpaired) electrons. The molecule has 0 fully saturated rings. The second kappa shape index (κ2) is 3.32. The van der Waals surface area contributed by atoms with E-state index in [0.29, 0.717) is 0 Å². The molecule has 2 heteroatoms. The van der Waals surface area contributed by atoms with E-state index in [1.54, 1.807) is 0 Å². The van der Waals surface area contributed by atoms with Crippen molar-refractivity contribution in [1.82, 2.24) is 0 Å². The third-order valence-electron chi connectivity index (χ3n) is 2.21. The third kappa shape index (κ3) is 1.39. The summed E-state index contributed by atoms with van der Waals surface area (Å²) in [6, 6.07) is 7.74. The fourth-order valence-corrected chi connectivity index (χ4v) is 1.60. The zero-order chi connectivity index (χ0) is 9.26. The SMILES string of the molecule is C/C=C/C1OC(O)c2ccccc21. The molecule has 1 aliphatic rings. The Labute approximate surface area is 77.5 Å². The number of allylic oxidation sites excluding steroid dienone is 1. The molecular weight excluding hydrogens is 164 g/mol. The smallest absolute Gasteiger partial charge is 0.182 e. The molecule has 0 saturated heterocycles. The Morgan fingerprint density at radius 3 is 2.69 bits per heavy atom. The highest BCUT2D eigenvalue weighted by atomic mass is 16.6. The van der Waals surface area contributed by atoms with Gasteiger partial charge in [0.2, 0.25) is 0 Å². The minimum absolute atomic E-state index is 0.0869. The minimum atomic E-state index is -0.766. The molecular formula is C11H12O2. The molecule has 0 bridgehead atoms. The Kier molecular flexibility index (Phi) is 2.17. The summed E-state index contributed by atoms with van der Waals surface area (Å²) in [5, 5.41) is 9.52. The molecule has 1 aliphatic heterocycles. The maximum atomic E-state index is 9.52. The Morgan fingerprint density at radius 1 is 1.31 bits per heavy atom. The highest BCUT2D eigenvalue weighted by Gasteiger charge is 2.27. The van der Waals surface area contributed by atoms with Crippen LogP contribution in [0.4, 0.5) is 0 Å². The first-order valence-corrected chi connectivity index (χ1v) is 4.38. The summed E-state index contributed by atoms with van der Waals surface area (Å²) in [4.78, 5) is 0. The van der Waals surface area contributed by atoms with Crippen molar-refractivity contribution in [2.45, 2.75) is 19.3 Å². The number of aliphatic hydroxyl groups excluding tert-OH is 1. The van der Waals surface area contributed by atoms with Crippen molar-refractivity contribution in [3.05, 3.63) is 47.5 Å². The number of hydrogen-bond donors (Lipinski definition) is 1. The van der Waals surface area contributed by atoms with Gasteiger partial charge < -0.3 is 9.84 Å². The first-order chi connectivity index (χ1) is 6.33. The van der Waals surface area contributed by atoms with Gasteiger partial charge in [0.15, 0.2) is 6.29 Å². The zero-order valence-corrected chi connectivity index (χ0v) is 7.47. The molecule has 68 valence electrons. The largest absolute Gasteiger partial charge is 0.364 e. The second-order valence-corrected chi connectivity index (χ2v) is 3.06. The van der Waals surface area contributed by atoms with Crippen molar-refractivity contribution in [1.29, 1.82) is 0 Å². The molecule has 1 heterocycles. The van der Waals surface area contributed by atoms with Crippen molar-refractivity contribution in [2.24, 2.45) is 0 Å². The van der Waals surface area contributed by atoms with Gasteiger partial charge in [-0.1, -0.05) is 36.4 Å². The van der Waals surface area contributed by atoms with Crippen LogP contribution in [0.3, 0.4) is 0 Å². The van der Waals surface area contributed by atoms with E-state index in [1.807, 2.05) is 43.3 Å². The van der Waals surface area contributed by atoms with Gasteiger partial charge in [0.1, 0.15) is 6.10 Å². The van der Waals surface area contributed by atoms with E-state index in [1.165, 1.54) is 0 Å². The Morgan fingerprint density at radius 2 is 2.00 bits per heavy atom. The molecule has 2 atom stereocenters. The average molecular weight is 176 g/mol. The molecule has 0 amide bonds. The predicted molar refractivity (Wildman–Crippen MR) is 50.0 cm³/mol. The number of benzene rings is 1. The van der Waals surface area contributed by atoms with E-state index in [-0.39, 0.29) is 6.10 Å². The molecule has 0 spiro atoms. The predicted octanol–water partition coefficient (Wildman–Crippen LogP) is 2.32. The van der Waals surface area contributed by atoms with Gasteiger partial charge in [-0.3, -0.25) is 0 Å². The maximum absolute atomic E-state index is 9.52. The molecule has 1 aromatic carbocycles. The van der Waals surface area contributed by atoms with Crippen LogP contribution in [-0.4, -0.2) is 5.11 Å². The van der Waals surface area contributed by atoms with Crippen LogP contribution in [0.1, 0.15) is 30.4 Å². The molecule has 0 aromatic heterocycles. The summed E-state index contributed by atoms with van der Waals surface area (Å²) in [6.45, 7) is 1.94. The summed E-state index contributed by atoms with van der Waals surface area (Å²) in [7, 11) is 0. The van der Waals surface area contributed by atoms with E-state index in [2.05, 4.69) is 0 Å². The van der Waals surface area contributed by atoms with Gasteiger partial charge in [0, 0.05) is 5.56 Å². The highest BCUT2D eigenvalue weighted by Crippen LogP contribution is 2.37. The molecule has 1 N–H and O–H groups in total. The summed E-state index contributed by atoms with van der Waals surface area (Å²) in [5.74, 6) is 0. The highest BCUT2D eigenvalue weighted by molar-refractivity contribution is 5.35. The van der Waals surface area contributed by atoms with Crippen LogP contribution in [0, 0.1) is 0 Å². The average Bonchev–Trinajstić information content (AvgIpc) is 2.46. The number of fused-ring (bicyclic) bond motifs is 1. The van der Waals surface area contributed by atoms with E-state index in [0.717, 1.165) is 11.1 Å². The zero-order valence-electron chi connectivity index (χ0n) is 7.47. The van der Waals surface area contributed by atoms with Crippen molar-refractivity contribution < 1.29 is 9.84 Å². The lowest BCUT2D eigenvalue weighted by Crippen LogP contribution is -1.93. The number of aliphatic hydroxyl groups is 1. The lowest BCUT2D eigenvalue weighted by Gasteiger charge is -2.04. The number of ether oxygens (including phenoxy) is 1. The van der Waals surface area contributed by atoms with Crippen LogP contribution in [-0.2, 0) is 4.74 Å². The third-order valence-corrected chi connectivity index (χ3v) is 2.21. The van der Waals surface area contributed by atoms with Crippen LogP contribution < -0.4 is 0 Å². The topological polar surface area (TPSA) is 29.5 Å². The number of hydrogen-bond acceptors (Lipinski definition) is 2. The lowest BCUT2D eigenvalue weighted by molar-refractivity contribution is -0.107. The quantitative estimate of drug-likeness (QED) is 0.665. The molecule has 0 saturated carbocycles. The molecule has 1 aromatic rings. The van der Waals surface area contributed by atoms with Gasteiger partial charge in [0.05, 0.1) is 0 Å². The second-order valence-electron chi connectivity index (χ2n) is 3.06. The normalized spacial score (nSPS) is 26.6. The summed E-state index contributed by atoms with van der Waals surface area (Å²) < 4.78 is 5.34. The van der Waals surface area contributed by atoms with Crippen molar-refractivity contribution in [2.75, 3.05) is 0 Å². The summed E-state index contributed by atoms with van der Waals surface area (Å²) >= 11 is 0. The van der Waals surface area contributed by atoms with Crippen molar-refractivity contribution in [3.8, 4) is 0 Å². The van der Waals surface area contributed by atoms with Gasteiger partial charge in [0.25, 0.3) is 0 Å². The summed E-state index contributed by atoms with van der Waals surface area (Å²) in [6.07, 6.45) is 3.02. The Bertz CT molecular complexity index is 331. The fraction of sp³-hybridized carbons (Fsp3) is 0.273. The molecule has 13 heavy (non-hydrogen) atoms. The van der Waals surface area contributed by atoms with E-state index in [4.69, 9.17) is 4.74 Å². The van der Waals surface area contributed by atoms with Gasteiger partial charge in [-0.25, -0.2) is 0 Å². The van der Waals surface area contributed by atoms with Crippen LogP contribution in [0.25, 0.3) is 0 Å². The maximum Gasteiger partial charge on any atom is 0.182 e. The monoisotopic (exact) mass is 176 g/mol. The van der Waals surface area contributed by atoms with E-state index in [9.17, 15) is 5.11 Å². The van der Waals surface area contributed by atoms with E-state index >= 15 is 0 Å². The van der Waals surface area contributed by atoms with E-state index < -0.39 is 6.29 Å². The van der Waals surface area contributed by atoms with Gasteiger partial charge in [-0.15, -0.1) is 0 Å². The fourth-order valence-electron chi connectivity index (χ4n) is 1.60. The van der Waals surface area contributed by atoms with Gasteiger partial charge in [-0.05, 0) is 12.5 Å². The van der Waals surface area contributed by atoms with Crippen LogP contribution in [0.15, 0.2) is 36.4 Å². The van der Waals surface area contributed by atoms with Crippen LogP contribution in [0.2, 0.25) is 0 Å². The van der Waals surface area contributed by atoms with Crippen LogP contribution >= 0.6 is 0 Å². The standard InChI is InChI=1S/C11H12O2/c1-2-5-10-8-6-3-4-7-9(8)11(12)13-10/h2-7,10-12H,1H3/b5-2+. The molecule has 0 aliphatic carbocycles. The van der Waals surface area contributed by atoms with Crippen molar-refractivity contribution >= 4 is 0 Å². The first-order valence-electron chi connectivity index (χ1n) is 4.38. The Balaban J connectivity index is 2.41. The van der Waals surface area contributed by atoms with Crippen molar-refractivity contribution in [3.63, 3.8) is 0 Å². The van der Waals surface area contributed by atoms with Gasteiger partial charge in [-0.2, -0.15) is 0 Å². The molecule has 2 rings (SSSR count). The lowest BCUT2D eigenvalue weighted by atomic mass is 10.0. The minimum Gasteiger partial charge on any atom is -0.364 e. The first kappa shape index (κ1) is 8.48.